The van der Waals surface area contributed by atoms with Crippen molar-refractivity contribution in [3.63, 3.8) is 0 Å². The Hall–Kier alpha value is -4.12. The second-order valence-corrected chi connectivity index (χ2v) is 6.93. The standard InChI is InChI=1S/C24H18N4O/c25-23-22-20(7-4-8-21(22)27-28-23)17-11-9-16-14-18(12-10-15(16)13-17)24(29)26-19-5-2-1-3-6-19/h1-14H,(H,26,29)(H3,25,27,28). The Labute approximate surface area is 167 Å². The average Bonchev–Trinajstić information content (AvgIpc) is 3.15. The first kappa shape index (κ1) is 17.0. The summed E-state index contributed by atoms with van der Waals surface area (Å²) in [6.07, 6.45) is 0. The van der Waals surface area contributed by atoms with Gasteiger partial charge in [-0.05, 0) is 58.3 Å². The molecule has 0 bridgehead atoms. The zero-order valence-electron chi connectivity index (χ0n) is 15.5. The fourth-order valence-corrected chi connectivity index (χ4v) is 3.62. The lowest BCUT2D eigenvalue weighted by Crippen LogP contribution is -2.11. The molecule has 5 heteroatoms. The summed E-state index contributed by atoms with van der Waals surface area (Å²) in [5, 5.41) is 13.0. The SMILES string of the molecule is Nc1n[nH]c2cccc(-c3ccc4cc(C(=O)Nc5ccccc5)ccc4c3)c12. The van der Waals surface area contributed by atoms with E-state index in [0.717, 1.165) is 38.5 Å². The van der Waals surface area contributed by atoms with Crippen LogP contribution in [0.25, 0.3) is 32.8 Å². The predicted molar refractivity (Wildman–Crippen MR) is 118 cm³/mol. The third kappa shape index (κ3) is 3.08. The number of rotatable bonds is 3. The van der Waals surface area contributed by atoms with Crippen LogP contribution < -0.4 is 11.1 Å². The molecule has 0 atom stereocenters. The van der Waals surface area contributed by atoms with Crippen molar-refractivity contribution in [2.45, 2.75) is 0 Å². The minimum Gasteiger partial charge on any atom is -0.382 e. The Balaban J connectivity index is 1.51. The molecule has 0 unspecified atom stereocenters. The van der Waals surface area contributed by atoms with E-state index < -0.39 is 0 Å². The Morgan fingerprint density at radius 2 is 1.66 bits per heavy atom. The number of amides is 1. The number of para-hydroxylation sites is 1. The number of fused-ring (bicyclic) bond motifs is 2. The molecule has 0 fully saturated rings. The van der Waals surface area contributed by atoms with Crippen LogP contribution >= 0.6 is 0 Å². The van der Waals surface area contributed by atoms with Gasteiger partial charge in [-0.2, -0.15) is 5.10 Å². The molecular formula is C24H18N4O. The second-order valence-electron chi connectivity index (χ2n) is 6.93. The van der Waals surface area contributed by atoms with E-state index in [9.17, 15) is 4.79 Å². The Morgan fingerprint density at radius 1 is 0.862 bits per heavy atom. The number of carbonyl (C=O) groups excluding carboxylic acids is 1. The van der Waals surface area contributed by atoms with Gasteiger partial charge >= 0.3 is 0 Å². The van der Waals surface area contributed by atoms with E-state index in [0.29, 0.717) is 11.4 Å². The molecule has 0 aliphatic rings. The highest BCUT2D eigenvalue weighted by molar-refractivity contribution is 6.07. The first-order chi connectivity index (χ1) is 14.2. The summed E-state index contributed by atoms with van der Waals surface area (Å²) in [6.45, 7) is 0. The Bertz CT molecular complexity index is 1360. The molecule has 0 saturated heterocycles. The Morgan fingerprint density at radius 3 is 2.52 bits per heavy atom. The highest BCUT2D eigenvalue weighted by Gasteiger charge is 2.11. The van der Waals surface area contributed by atoms with Gasteiger partial charge in [0.25, 0.3) is 5.91 Å². The number of nitrogens with zero attached hydrogens (tertiary/aromatic N) is 1. The number of aromatic amines is 1. The maximum Gasteiger partial charge on any atom is 0.255 e. The third-order valence-corrected chi connectivity index (χ3v) is 5.06. The number of nitrogens with two attached hydrogens (primary N) is 1. The number of anilines is 2. The van der Waals surface area contributed by atoms with Gasteiger partial charge in [0.05, 0.1) is 10.9 Å². The van der Waals surface area contributed by atoms with E-state index in [-0.39, 0.29) is 5.91 Å². The monoisotopic (exact) mass is 378 g/mol. The van der Waals surface area contributed by atoms with E-state index in [2.05, 4.69) is 21.6 Å². The lowest BCUT2D eigenvalue weighted by molar-refractivity contribution is 0.102. The lowest BCUT2D eigenvalue weighted by atomic mass is 9.97. The lowest BCUT2D eigenvalue weighted by Gasteiger charge is -2.09. The quantitative estimate of drug-likeness (QED) is 0.402. The Kier molecular flexibility index (Phi) is 3.99. The second kappa shape index (κ2) is 6.80. The molecular weight excluding hydrogens is 360 g/mol. The number of benzene rings is 4. The fourth-order valence-electron chi connectivity index (χ4n) is 3.62. The molecule has 1 amide bonds. The summed E-state index contributed by atoms with van der Waals surface area (Å²) >= 11 is 0. The molecule has 5 nitrogen and oxygen atoms in total. The van der Waals surface area contributed by atoms with Gasteiger partial charge < -0.3 is 11.1 Å². The molecule has 5 rings (SSSR count). The van der Waals surface area contributed by atoms with Gasteiger partial charge in [0.2, 0.25) is 0 Å². The van der Waals surface area contributed by atoms with Crippen molar-refractivity contribution in [2.24, 2.45) is 0 Å². The molecule has 1 heterocycles. The molecule has 29 heavy (non-hydrogen) atoms. The first-order valence-corrected chi connectivity index (χ1v) is 9.32. The van der Waals surface area contributed by atoms with Crippen LogP contribution in [0.3, 0.4) is 0 Å². The summed E-state index contributed by atoms with van der Waals surface area (Å²) in [5.74, 6) is 0.363. The maximum atomic E-state index is 12.6. The van der Waals surface area contributed by atoms with Gasteiger partial charge in [0.15, 0.2) is 5.82 Å². The van der Waals surface area contributed by atoms with E-state index in [1.165, 1.54) is 0 Å². The summed E-state index contributed by atoms with van der Waals surface area (Å²) in [7, 11) is 0. The minimum absolute atomic E-state index is 0.127. The average molecular weight is 378 g/mol. The van der Waals surface area contributed by atoms with Crippen LogP contribution in [-0.2, 0) is 0 Å². The number of carbonyl (C=O) groups is 1. The molecule has 0 aliphatic heterocycles. The molecule has 0 saturated carbocycles. The number of H-pyrrole nitrogens is 1. The molecule has 0 radical (unpaired) electrons. The summed E-state index contributed by atoms with van der Waals surface area (Å²) in [4.78, 5) is 12.6. The van der Waals surface area contributed by atoms with Gasteiger partial charge in [0, 0.05) is 11.3 Å². The van der Waals surface area contributed by atoms with Gasteiger partial charge in [0.1, 0.15) is 0 Å². The van der Waals surface area contributed by atoms with Crippen molar-refractivity contribution < 1.29 is 4.79 Å². The van der Waals surface area contributed by atoms with Gasteiger partial charge in [-0.25, -0.2) is 0 Å². The van der Waals surface area contributed by atoms with Gasteiger partial charge in [-0.15, -0.1) is 0 Å². The predicted octanol–water partition coefficient (Wildman–Crippen LogP) is 5.22. The van der Waals surface area contributed by atoms with Crippen molar-refractivity contribution >= 4 is 39.1 Å². The van der Waals surface area contributed by atoms with Gasteiger partial charge in [-0.3, -0.25) is 9.89 Å². The summed E-state index contributed by atoms with van der Waals surface area (Å²) in [5.41, 5.74) is 10.4. The molecule has 140 valence electrons. The van der Waals surface area contributed by atoms with Crippen molar-refractivity contribution in [3.05, 3.63) is 90.5 Å². The van der Waals surface area contributed by atoms with Crippen LogP contribution in [-0.4, -0.2) is 16.1 Å². The number of hydrogen-bond donors (Lipinski definition) is 3. The smallest absolute Gasteiger partial charge is 0.255 e. The number of hydrogen-bond acceptors (Lipinski definition) is 3. The zero-order chi connectivity index (χ0) is 19.8. The first-order valence-electron chi connectivity index (χ1n) is 9.32. The molecule has 1 aromatic heterocycles. The molecule has 0 aliphatic carbocycles. The summed E-state index contributed by atoms with van der Waals surface area (Å²) in [6, 6.07) is 27.3. The summed E-state index contributed by atoms with van der Waals surface area (Å²) < 4.78 is 0. The molecule has 5 aromatic rings. The van der Waals surface area contributed by atoms with E-state index in [1.54, 1.807) is 0 Å². The van der Waals surface area contributed by atoms with Crippen molar-refractivity contribution in [1.29, 1.82) is 0 Å². The van der Waals surface area contributed by atoms with E-state index in [1.807, 2.05) is 78.9 Å². The molecule has 4 N–H and O–H groups in total. The van der Waals surface area contributed by atoms with Crippen LogP contribution in [0.2, 0.25) is 0 Å². The normalized spacial score (nSPS) is 11.0. The van der Waals surface area contributed by atoms with Crippen molar-refractivity contribution in [2.75, 3.05) is 11.1 Å². The zero-order valence-corrected chi connectivity index (χ0v) is 15.5. The maximum absolute atomic E-state index is 12.6. The third-order valence-electron chi connectivity index (χ3n) is 5.06. The molecule has 0 spiro atoms. The topological polar surface area (TPSA) is 83.8 Å². The van der Waals surface area contributed by atoms with Gasteiger partial charge in [-0.1, -0.05) is 48.5 Å². The van der Waals surface area contributed by atoms with Crippen LogP contribution in [0.5, 0.6) is 0 Å². The fraction of sp³-hybridized carbons (Fsp3) is 0. The highest BCUT2D eigenvalue weighted by Crippen LogP contribution is 2.33. The van der Waals surface area contributed by atoms with Crippen LogP contribution in [0.1, 0.15) is 10.4 Å². The molecule has 4 aromatic carbocycles. The number of nitrogen functional groups attached to an aromatic ring is 1. The number of aromatic nitrogens is 2. The van der Waals surface area contributed by atoms with Crippen LogP contribution in [0.4, 0.5) is 11.5 Å². The largest absolute Gasteiger partial charge is 0.382 e. The number of nitrogens with one attached hydrogen (secondary N) is 2. The van der Waals surface area contributed by atoms with Crippen LogP contribution in [0, 0.1) is 0 Å². The minimum atomic E-state index is -0.127. The van der Waals surface area contributed by atoms with Crippen molar-refractivity contribution in [3.8, 4) is 11.1 Å². The van der Waals surface area contributed by atoms with E-state index in [4.69, 9.17) is 5.73 Å². The van der Waals surface area contributed by atoms with Crippen LogP contribution in [0.15, 0.2) is 84.9 Å². The van der Waals surface area contributed by atoms with Crippen molar-refractivity contribution in [1.82, 2.24) is 10.2 Å². The highest BCUT2D eigenvalue weighted by atomic mass is 16.1. The van der Waals surface area contributed by atoms with E-state index >= 15 is 0 Å².